The molecule has 0 bridgehead atoms. The van der Waals surface area contributed by atoms with E-state index in [0.29, 0.717) is 15.9 Å². The third kappa shape index (κ3) is 2.80. The summed E-state index contributed by atoms with van der Waals surface area (Å²) in [7, 11) is 0. The largest absolute Gasteiger partial charge is 0.387 e. The van der Waals surface area contributed by atoms with Crippen molar-refractivity contribution in [1.82, 2.24) is 19.5 Å². The first-order valence-electron chi connectivity index (χ1n) is 5.55. The Bertz CT molecular complexity index is 687. The maximum atomic E-state index is 12.3. The maximum Gasteiger partial charge on any atom is 0.351 e. The second-order valence-electron chi connectivity index (χ2n) is 3.89. The van der Waals surface area contributed by atoms with Crippen LogP contribution in [0.2, 0.25) is 0 Å². The van der Waals surface area contributed by atoms with E-state index >= 15 is 0 Å². The van der Waals surface area contributed by atoms with Crippen molar-refractivity contribution >= 4 is 38.7 Å². The summed E-state index contributed by atoms with van der Waals surface area (Å²) in [6.07, 6.45) is 0.222. The minimum Gasteiger partial charge on any atom is -0.387 e. The number of alkyl halides is 1. The predicted molar refractivity (Wildman–Crippen MR) is 73.4 cm³/mol. The average molecular weight is 331 g/mol. The number of halogens is 2. The lowest BCUT2D eigenvalue weighted by Gasteiger charge is -2.05. The molecule has 9 heteroatoms. The fourth-order valence-electron chi connectivity index (χ4n) is 1.65. The normalized spacial score (nSPS) is 12.3. The van der Waals surface area contributed by atoms with Crippen LogP contribution in [0.1, 0.15) is 13.3 Å². The van der Waals surface area contributed by atoms with Gasteiger partial charge < -0.3 is 10.7 Å². The molecule has 0 aliphatic carbocycles. The molecule has 7 nitrogen and oxygen atoms in total. The molecule has 2 rings (SSSR count). The van der Waals surface area contributed by atoms with Crippen LogP contribution < -0.4 is 11.4 Å². The van der Waals surface area contributed by atoms with Gasteiger partial charge in [-0.3, -0.25) is 8.96 Å². The van der Waals surface area contributed by atoms with Crippen molar-refractivity contribution in [3.63, 3.8) is 0 Å². The summed E-state index contributed by atoms with van der Waals surface area (Å²) in [6, 6.07) is 0. The van der Waals surface area contributed by atoms with Crippen LogP contribution in [0.15, 0.2) is 14.5 Å². The van der Waals surface area contributed by atoms with E-state index in [1.807, 2.05) is 0 Å². The van der Waals surface area contributed by atoms with Crippen molar-refractivity contribution in [2.24, 2.45) is 10.7 Å². The van der Waals surface area contributed by atoms with Gasteiger partial charge in [0.1, 0.15) is 5.52 Å². The van der Waals surface area contributed by atoms with Gasteiger partial charge in [0.15, 0.2) is 16.2 Å². The number of hydrogen-bond acceptors (Lipinski definition) is 4. The summed E-state index contributed by atoms with van der Waals surface area (Å²) in [5.41, 5.74) is 5.83. The van der Waals surface area contributed by atoms with E-state index in [1.165, 1.54) is 4.57 Å². The Hall–Kier alpha value is -1.77. The standard InChI is InChI=1S/C10H12BrFN6O/c1-5(13)14-7-6-8(17-9(11)15-6)18(4-2-3-12)10(19)16-7/h2-4H2,1H3,(H,15,17)(H2,13,14,16,19). The first-order valence-corrected chi connectivity index (χ1v) is 6.35. The number of aromatic nitrogens is 4. The van der Waals surface area contributed by atoms with Gasteiger partial charge in [-0.05, 0) is 29.3 Å². The number of hydrogen-bond donors (Lipinski definition) is 2. The van der Waals surface area contributed by atoms with Gasteiger partial charge in [-0.25, -0.2) is 14.8 Å². The monoisotopic (exact) mass is 330 g/mol. The van der Waals surface area contributed by atoms with Crippen LogP contribution in [0, 0.1) is 0 Å². The van der Waals surface area contributed by atoms with Gasteiger partial charge in [0.2, 0.25) is 0 Å². The van der Waals surface area contributed by atoms with E-state index in [9.17, 15) is 9.18 Å². The summed E-state index contributed by atoms with van der Waals surface area (Å²) >= 11 is 3.19. The summed E-state index contributed by atoms with van der Waals surface area (Å²) in [4.78, 5) is 26.8. The topological polar surface area (TPSA) is 102 Å². The van der Waals surface area contributed by atoms with Crippen LogP contribution in [-0.2, 0) is 6.54 Å². The minimum atomic E-state index is -0.528. The number of amidine groups is 1. The Morgan fingerprint density at radius 3 is 2.95 bits per heavy atom. The zero-order chi connectivity index (χ0) is 14.0. The average Bonchev–Trinajstić information content (AvgIpc) is 2.70. The van der Waals surface area contributed by atoms with Crippen molar-refractivity contribution in [2.75, 3.05) is 6.67 Å². The minimum absolute atomic E-state index is 0.176. The molecule has 2 aromatic heterocycles. The van der Waals surface area contributed by atoms with Gasteiger partial charge in [0.05, 0.1) is 12.5 Å². The fraction of sp³-hybridized carbons (Fsp3) is 0.400. The highest BCUT2D eigenvalue weighted by molar-refractivity contribution is 9.10. The van der Waals surface area contributed by atoms with Crippen LogP contribution in [-0.4, -0.2) is 32.0 Å². The molecule has 0 saturated carbocycles. The Kier molecular flexibility index (Phi) is 3.93. The predicted octanol–water partition coefficient (Wildman–Crippen LogP) is 1.25. The highest BCUT2D eigenvalue weighted by Gasteiger charge is 2.14. The number of imidazole rings is 1. The second kappa shape index (κ2) is 5.47. The number of nitrogens with two attached hydrogens (primary N) is 1. The Morgan fingerprint density at radius 2 is 2.32 bits per heavy atom. The Labute approximate surface area is 115 Å². The maximum absolute atomic E-state index is 12.3. The summed E-state index contributed by atoms with van der Waals surface area (Å²) in [6.45, 7) is 1.29. The number of nitrogens with one attached hydrogen (secondary N) is 1. The number of aromatic amines is 1. The molecule has 0 fully saturated rings. The third-order valence-corrected chi connectivity index (χ3v) is 2.74. The first kappa shape index (κ1) is 13.7. The van der Waals surface area contributed by atoms with Crippen molar-refractivity contribution in [2.45, 2.75) is 19.9 Å². The van der Waals surface area contributed by atoms with Crippen LogP contribution in [0.5, 0.6) is 0 Å². The number of nitrogens with zero attached hydrogens (tertiary/aromatic N) is 4. The molecule has 0 amide bonds. The van der Waals surface area contributed by atoms with Gasteiger partial charge in [-0.1, -0.05) is 0 Å². The smallest absolute Gasteiger partial charge is 0.351 e. The lowest BCUT2D eigenvalue weighted by Crippen LogP contribution is -2.24. The van der Waals surface area contributed by atoms with E-state index in [1.54, 1.807) is 6.92 Å². The molecule has 2 heterocycles. The van der Waals surface area contributed by atoms with E-state index in [4.69, 9.17) is 5.73 Å². The Morgan fingerprint density at radius 1 is 1.58 bits per heavy atom. The zero-order valence-electron chi connectivity index (χ0n) is 10.2. The molecule has 0 saturated heterocycles. The second-order valence-corrected chi connectivity index (χ2v) is 4.64. The molecule has 3 N–H and O–H groups in total. The van der Waals surface area contributed by atoms with Crippen molar-refractivity contribution < 1.29 is 4.39 Å². The molecule has 0 aliphatic heterocycles. The molecule has 0 aromatic carbocycles. The SMILES string of the molecule is CC(N)=Nc1nc(=O)n(CCCF)c2nc(Br)[nH]c12. The van der Waals surface area contributed by atoms with Gasteiger partial charge >= 0.3 is 5.69 Å². The molecule has 0 unspecified atom stereocenters. The van der Waals surface area contributed by atoms with Gasteiger partial charge in [0.25, 0.3) is 0 Å². The molecule has 0 radical (unpaired) electrons. The Balaban J connectivity index is 2.69. The molecule has 2 aromatic rings. The zero-order valence-corrected chi connectivity index (χ0v) is 11.7. The summed E-state index contributed by atoms with van der Waals surface area (Å²) < 4.78 is 14.0. The fourth-order valence-corrected chi connectivity index (χ4v) is 2.02. The van der Waals surface area contributed by atoms with Crippen LogP contribution in [0.3, 0.4) is 0 Å². The third-order valence-electron chi connectivity index (χ3n) is 2.37. The van der Waals surface area contributed by atoms with Crippen molar-refractivity contribution in [3.05, 3.63) is 15.2 Å². The highest BCUT2D eigenvalue weighted by atomic mass is 79.9. The molecule has 102 valence electrons. The number of fused-ring (bicyclic) bond motifs is 1. The lowest BCUT2D eigenvalue weighted by molar-refractivity contribution is 0.445. The summed E-state index contributed by atoms with van der Waals surface area (Å²) in [5, 5.41) is 0. The summed E-state index contributed by atoms with van der Waals surface area (Å²) in [5.74, 6) is 0.454. The van der Waals surface area contributed by atoms with Crippen LogP contribution in [0.25, 0.3) is 11.2 Å². The van der Waals surface area contributed by atoms with E-state index in [-0.39, 0.29) is 24.6 Å². The van der Waals surface area contributed by atoms with Crippen LogP contribution >= 0.6 is 15.9 Å². The van der Waals surface area contributed by atoms with E-state index < -0.39 is 12.4 Å². The first-order chi connectivity index (χ1) is 9.02. The molecule has 19 heavy (non-hydrogen) atoms. The number of aliphatic imine (C=N–C) groups is 1. The molecule has 0 spiro atoms. The van der Waals surface area contributed by atoms with E-state index in [0.717, 1.165) is 0 Å². The molecular formula is C10H12BrFN6O. The van der Waals surface area contributed by atoms with Crippen molar-refractivity contribution in [3.8, 4) is 0 Å². The number of H-pyrrole nitrogens is 1. The van der Waals surface area contributed by atoms with E-state index in [2.05, 4.69) is 35.9 Å². The van der Waals surface area contributed by atoms with Gasteiger partial charge in [-0.15, -0.1) is 0 Å². The number of rotatable bonds is 4. The highest BCUT2D eigenvalue weighted by Crippen LogP contribution is 2.22. The molecule has 0 atom stereocenters. The van der Waals surface area contributed by atoms with Gasteiger partial charge in [0, 0.05) is 6.54 Å². The van der Waals surface area contributed by atoms with Crippen LogP contribution in [0.4, 0.5) is 10.2 Å². The molecular weight excluding hydrogens is 319 g/mol. The lowest BCUT2D eigenvalue weighted by atomic mass is 10.4. The quantitative estimate of drug-likeness (QED) is 0.500. The van der Waals surface area contributed by atoms with Gasteiger partial charge in [-0.2, -0.15) is 4.98 Å². The molecule has 0 aliphatic rings. The number of aryl methyl sites for hydroxylation is 1. The van der Waals surface area contributed by atoms with Crippen molar-refractivity contribution in [1.29, 1.82) is 0 Å².